The SMILES string of the molecule is CCCN1CCCC(CNC)C1c1ccc2c(c1)CCO2. The molecule has 3 nitrogen and oxygen atoms in total. The molecule has 0 saturated carbocycles. The molecule has 2 aliphatic heterocycles. The Morgan fingerprint density at radius 3 is 3.10 bits per heavy atom. The molecule has 1 aromatic rings. The second-order valence-corrected chi connectivity index (χ2v) is 6.41. The van der Waals surface area contributed by atoms with Gasteiger partial charge in [0.05, 0.1) is 6.61 Å². The zero-order chi connectivity index (χ0) is 14.7. The molecule has 1 aromatic carbocycles. The molecule has 21 heavy (non-hydrogen) atoms. The number of hydrogen-bond donors (Lipinski definition) is 1. The topological polar surface area (TPSA) is 24.5 Å². The van der Waals surface area contributed by atoms with Gasteiger partial charge >= 0.3 is 0 Å². The quantitative estimate of drug-likeness (QED) is 0.901. The second kappa shape index (κ2) is 6.80. The summed E-state index contributed by atoms with van der Waals surface area (Å²) < 4.78 is 5.66. The highest BCUT2D eigenvalue weighted by molar-refractivity contribution is 5.41. The summed E-state index contributed by atoms with van der Waals surface area (Å²) in [5.41, 5.74) is 2.89. The van der Waals surface area contributed by atoms with E-state index in [1.807, 2.05) is 0 Å². The smallest absolute Gasteiger partial charge is 0.122 e. The summed E-state index contributed by atoms with van der Waals surface area (Å²) >= 11 is 0. The van der Waals surface area contributed by atoms with Gasteiger partial charge in [-0.05, 0) is 69.1 Å². The summed E-state index contributed by atoms with van der Waals surface area (Å²) in [6.07, 6.45) is 4.97. The van der Waals surface area contributed by atoms with E-state index in [1.165, 1.54) is 43.5 Å². The van der Waals surface area contributed by atoms with Crippen molar-refractivity contribution in [3.8, 4) is 5.75 Å². The first kappa shape index (κ1) is 14.9. The van der Waals surface area contributed by atoms with Crippen LogP contribution in [-0.4, -0.2) is 38.2 Å². The van der Waals surface area contributed by atoms with Gasteiger partial charge in [0.25, 0.3) is 0 Å². The molecule has 0 spiro atoms. The summed E-state index contributed by atoms with van der Waals surface area (Å²) in [6, 6.07) is 7.46. The Labute approximate surface area is 128 Å². The van der Waals surface area contributed by atoms with Crippen LogP contribution >= 0.6 is 0 Å². The number of ether oxygens (including phenoxy) is 1. The van der Waals surface area contributed by atoms with Crippen LogP contribution in [0.15, 0.2) is 18.2 Å². The van der Waals surface area contributed by atoms with E-state index in [1.54, 1.807) is 0 Å². The Bertz CT molecular complexity index is 456. The maximum atomic E-state index is 5.66. The highest BCUT2D eigenvalue weighted by atomic mass is 16.5. The van der Waals surface area contributed by atoms with E-state index in [-0.39, 0.29) is 0 Å². The van der Waals surface area contributed by atoms with E-state index in [0.29, 0.717) is 6.04 Å². The first-order chi connectivity index (χ1) is 10.3. The lowest BCUT2D eigenvalue weighted by molar-refractivity contribution is 0.0924. The molecule has 0 radical (unpaired) electrons. The van der Waals surface area contributed by atoms with Gasteiger partial charge in [-0.25, -0.2) is 0 Å². The Kier molecular flexibility index (Phi) is 4.81. The lowest BCUT2D eigenvalue weighted by atomic mass is 9.83. The predicted octanol–water partition coefficient (Wildman–Crippen LogP) is 3.00. The number of fused-ring (bicyclic) bond motifs is 1. The summed E-state index contributed by atoms with van der Waals surface area (Å²) in [7, 11) is 2.08. The van der Waals surface area contributed by atoms with Gasteiger partial charge in [0, 0.05) is 12.5 Å². The van der Waals surface area contributed by atoms with Crippen molar-refractivity contribution in [1.82, 2.24) is 10.2 Å². The maximum Gasteiger partial charge on any atom is 0.122 e. The number of nitrogens with one attached hydrogen (secondary N) is 1. The van der Waals surface area contributed by atoms with Gasteiger partial charge < -0.3 is 10.1 Å². The standard InChI is InChI=1S/C18H28N2O/c1-3-9-20-10-4-5-16(13-19-2)18(20)15-6-7-17-14(12-15)8-11-21-17/h6-7,12,16,18-19H,3-5,8-11,13H2,1-2H3. The van der Waals surface area contributed by atoms with Gasteiger partial charge in [0.1, 0.15) is 5.75 Å². The predicted molar refractivity (Wildman–Crippen MR) is 86.9 cm³/mol. The zero-order valence-corrected chi connectivity index (χ0v) is 13.4. The third-order valence-electron chi connectivity index (χ3n) is 4.89. The van der Waals surface area contributed by atoms with Gasteiger partial charge in [-0.3, -0.25) is 4.90 Å². The van der Waals surface area contributed by atoms with E-state index >= 15 is 0 Å². The zero-order valence-electron chi connectivity index (χ0n) is 13.4. The highest BCUT2D eigenvalue weighted by Gasteiger charge is 2.32. The van der Waals surface area contributed by atoms with E-state index < -0.39 is 0 Å². The van der Waals surface area contributed by atoms with Crippen LogP contribution in [0.5, 0.6) is 5.75 Å². The highest BCUT2D eigenvalue weighted by Crippen LogP contribution is 2.38. The number of piperidine rings is 1. The maximum absolute atomic E-state index is 5.66. The van der Waals surface area contributed by atoms with Crippen LogP contribution in [0.25, 0.3) is 0 Å². The number of hydrogen-bond acceptors (Lipinski definition) is 3. The Hall–Kier alpha value is -1.06. The van der Waals surface area contributed by atoms with Crippen LogP contribution in [-0.2, 0) is 6.42 Å². The minimum atomic E-state index is 0.567. The molecule has 2 atom stereocenters. The molecule has 2 unspecified atom stereocenters. The van der Waals surface area contributed by atoms with Crippen molar-refractivity contribution in [2.75, 3.05) is 33.3 Å². The average Bonchev–Trinajstić information content (AvgIpc) is 2.95. The lowest BCUT2D eigenvalue weighted by Crippen LogP contribution is -2.42. The lowest BCUT2D eigenvalue weighted by Gasteiger charge is -2.42. The van der Waals surface area contributed by atoms with E-state index in [2.05, 4.69) is 42.4 Å². The second-order valence-electron chi connectivity index (χ2n) is 6.41. The van der Waals surface area contributed by atoms with Gasteiger partial charge in [-0.15, -0.1) is 0 Å². The molecule has 1 saturated heterocycles. The molecule has 2 aliphatic rings. The van der Waals surface area contributed by atoms with Crippen molar-refractivity contribution in [3.63, 3.8) is 0 Å². The van der Waals surface area contributed by atoms with Crippen LogP contribution in [0, 0.1) is 5.92 Å². The summed E-state index contributed by atoms with van der Waals surface area (Å²) in [5.74, 6) is 1.82. The summed E-state index contributed by atoms with van der Waals surface area (Å²) in [4.78, 5) is 2.70. The largest absolute Gasteiger partial charge is 0.493 e. The molecule has 1 fully saturated rings. The number of likely N-dealkylation sites (tertiary alicyclic amines) is 1. The van der Waals surface area contributed by atoms with Crippen LogP contribution in [0.1, 0.15) is 43.4 Å². The van der Waals surface area contributed by atoms with E-state index in [4.69, 9.17) is 4.74 Å². The average molecular weight is 288 g/mol. The molecule has 1 N–H and O–H groups in total. The van der Waals surface area contributed by atoms with Gasteiger partial charge in [-0.1, -0.05) is 19.1 Å². The van der Waals surface area contributed by atoms with Crippen molar-refractivity contribution >= 4 is 0 Å². The van der Waals surface area contributed by atoms with Crippen molar-refractivity contribution in [3.05, 3.63) is 29.3 Å². The van der Waals surface area contributed by atoms with Gasteiger partial charge in [0.2, 0.25) is 0 Å². The van der Waals surface area contributed by atoms with Crippen molar-refractivity contribution in [2.45, 2.75) is 38.6 Å². The Morgan fingerprint density at radius 2 is 2.29 bits per heavy atom. The Balaban J connectivity index is 1.88. The molecule has 0 aliphatic carbocycles. The molecular weight excluding hydrogens is 260 g/mol. The normalized spacial score (nSPS) is 25.6. The van der Waals surface area contributed by atoms with Crippen LogP contribution < -0.4 is 10.1 Å². The minimum absolute atomic E-state index is 0.567. The summed E-state index contributed by atoms with van der Waals surface area (Å²) in [6.45, 7) is 6.70. The number of benzene rings is 1. The van der Waals surface area contributed by atoms with Gasteiger partial charge in [-0.2, -0.15) is 0 Å². The van der Waals surface area contributed by atoms with Crippen LogP contribution in [0.3, 0.4) is 0 Å². The molecule has 0 bridgehead atoms. The van der Waals surface area contributed by atoms with Crippen molar-refractivity contribution in [1.29, 1.82) is 0 Å². The monoisotopic (exact) mass is 288 g/mol. The van der Waals surface area contributed by atoms with Crippen molar-refractivity contribution in [2.24, 2.45) is 5.92 Å². The summed E-state index contributed by atoms with van der Waals surface area (Å²) in [5, 5.41) is 3.40. The van der Waals surface area contributed by atoms with Crippen LogP contribution in [0.4, 0.5) is 0 Å². The van der Waals surface area contributed by atoms with E-state index in [0.717, 1.165) is 31.2 Å². The Morgan fingerprint density at radius 1 is 1.38 bits per heavy atom. The fourth-order valence-electron chi connectivity index (χ4n) is 4.04. The fraction of sp³-hybridized carbons (Fsp3) is 0.667. The first-order valence-electron chi connectivity index (χ1n) is 8.47. The van der Waals surface area contributed by atoms with Crippen LogP contribution in [0.2, 0.25) is 0 Å². The molecule has 0 aromatic heterocycles. The van der Waals surface area contributed by atoms with Gasteiger partial charge in [0.15, 0.2) is 0 Å². The number of nitrogens with zero attached hydrogens (tertiary/aromatic N) is 1. The third kappa shape index (κ3) is 3.09. The fourth-order valence-corrected chi connectivity index (χ4v) is 4.04. The minimum Gasteiger partial charge on any atom is -0.493 e. The molecule has 0 amide bonds. The third-order valence-corrected chi connectivity index (χ3v) is 4.89. The molecular formula is C18H28N2O. The first-order valence-corrected chi connectivity index (χ1v) is 8.47. The van der Waals surface area contributed by atoms with Crippen molar-refractivity contribution < 1.29 is 4.74 Å². The molecule has 2 heterocycles. The number of rotatable bonds is 5. The molecule has 3 rings (SSSR count). The molecule has 3 heteroatoms. The molecule has 116 valence electrons. The van der Waals surface area contributed by atoms with E-state index in [9.17, 15) is 0 Å².